The van der Waals surface area contributed by atoms with Crippen LogP contribution in [-0.4, -0.2) is 48.3 Å². The van der Waals surface area contributed by atoms with Gasteiger partial charge in [0.15, 0.2) is 0 Å². The highest BCUT2D eigenvalue weighted by Gasteiger charge is 2.52. The van der Waals surface area contributed by atoms with Gasteiger partial charge < -0.3 is 14.7 Å². The average molecular weight is 340 g/mol. The fraction of sp³-hybridized carbons (Fsp3) is 0.500. The SMILES string of the molecule is COCC(=O)N1[C@H](CO)[C@@H](c2ccccc2C2=CCCCC2)[C@@H]1C#N. The summed E-state index contributed by atoms with van der Waals surface area (Å²) in [4.78, 5) is 13.7. The second kappa shape index (κ2) is 7.81. The van der Waals surface area contributed by atoms with E-state index in [1.54, 1.807) is 0 Å². The maximum absolute atomic E-state index is 12.3. The fourth-order valence-corrected chi connectivity index (χ4v) is 4.08. The molecule has 1 amide bonds. The van der Waals surface area contributed by atoms with Crippen LogP contribution < -0.4 is 0 Å². The van der Waals surface area contributed by atoms with Crippen LogP contribution in [0.5, 0.6) is 0 Å². The highest BCUT2D eigenvalue weighted by atomic mass is 16.5. The van der Waals surface area contributed by atoms with Crippen molar-refractivity contribution < 1.29 is 14.6 Å². The molecule has 2 aliphatic rings. The van der Waals surface area contributed by atoms with E-state index >= 15 is 0 Å². The molecule has 1 fully saturated rings. The molecule has 3 rings (SSSR count). The first-order valence-corrected chi connectivity index (χ1v) is 8.81. The van der Waals surface area contributed by atoms with Gasteiger partial charge in [0, 0.05) is 13.0 Å². The fourth-order valence-electron chi connectivity index (χ4n) is 4.08. The number of likely N-dealkylation sites (tertiary alicyclic amines) is 1. The summed E-state index contributed by atoms with van der Waals surface area (Å²) in [6.07, 6.45) is 6.79. The number of methoxy groups -OCH3 is 1. The quantitative estimate of drug-likeness (QED) is 0.894. The van der Waals surface area contributed by atoms with Gasteiger partial charge in [-0.1, -0.05) is 30.3 Å². The smallest absolute Gasteiger partial charge is 0.249 e. The monoisotopic (exact) mass is 340 g/mol. The third-order valence-corrected chi connectivity index (χ3v) is 5.24. The minimum absolute atomic E-state index is 0.0752. The van der Waals surface area contributed by atoms with Crippen LogP contribution in [0, 0.1) is 11.3 Å². The molecular formula is C20H24N2O3. The van der Waals surface area contributed by atoms with Crippen molar-refractivity contribution in [3.8, 4) is 6.07 Å². The molecule has 1 saturated heterocycles. The second-order valence-electron chi connectivity index (χ2n) is 6.65. The van der Waals surface area contributed by atoms with Gasteiger partial charge in [-0.2, -0.15) is 5.26 Å². The van der Waals surface area contributed by atoms with Crippen LogP contribution in [0.15, 0.2) is 30.3 Å². The highest BCUT2D eigenvalue weighted by Crippen LogP contribution is 2.44. The van der Waals surface area contributed by atoms with Crippen LogP contribution in [0.1, 0.15) is 42.7 Å². The number of aliphatic hydroxyl groups is 1. The summed E-state index contributed by atoms with van der Waals surface area (Å²) in [5.74, 6) is -0.423. The summed E-state index contributed by atoms with van der Waals surface area (Å²) in [7, 11) is 1.45. The van der Waals surface area contributed by atoms with Crippen LogP contribution in [0.3, 0.4) is 0 Å². The number of ether oxygens (including phenoxy) is 1. The summed E-state index contributed by atoms with van der Waals surface area (Å²) >= 11 is 0. The molecule has 0 unspecified atom stereocenters. The maximum atomic E-state index is 12.3. The van der Waals surface area contributed by atoms with Crippen molar-refractivity contribution in [2.24, 2.45) is 0 Å². The summed E-state index contributed by atoms with van der Waals surface area (Å²) in [5.41, 5.74) is 3.53. The molecule has 1 N–H and O–H groups in total. The van der Waals surface area contributed by atoms with Crippen molar-refractivity contribution in [1.82, 2.24) is 4.90 Å². The first-order chi connectivity index (χ1) is 12.2. The summed E-state index contributed by atoms with van der Waals surface area (Å²) in [6.45, 7) is -0.236. The van der Waals surface area contributed by atoms with Crippen molar-refractivity contribution in [2.75, 3.05) is 20.3 Å². The van der Waals surface area contributed by atoms with Gasteiger partial charge in [-0.05, 0) is 42.4 Å². The summed E-state index contributed by atoms with van der Waals surface area (Å²) in [6, 6.07) is 9.40. The van der Waals surface area contributed by atoms with Crippen LogP contribution >= 0.6 is 0 Å². The molecule has 132 valence electrons. The number of amides is 1. The van der Waals surface area contributed by atoms with Crippen LogP contribution in [-0.2, 0) is 9.53 Å². The van der Waals surface area contributed by atoms with E-state index in [9.17, 15) is 15.2 Å². The molecule has 0 spiro atoms. The van der Waals surface area contributed by atoms with Gasteiger partial charge in [0.2, 0.25) is 5.91 Å². The Morgan fingerprint density at radius 3 is 2.84 bits per heavy atom. The zero-order chi connectivity index (χ0) is 17.8. The van der Waals surface area contributed by atoms with Gasteiger partial charge in [-0.15, -0.1) is 0 Å². The normalized spacial score (nSPS) is 25.7. The minimum atomic E-state index is -0.565. The first-order valence-electron chi connectivity index (χ1n) is 8.81. The minimum Gasteiger partial charge on any atom is -0.394 e. The van der Waals surface area contributed by atoms with E-state index in [-0.39, 0.29) is 31.1 Å². The number of hydrogen-bond acceptors (Lipinski definition) is 4. The van der Waals surface area contributed by atoms with Gasteiger partial charge in [0.25, 0.3) is 0 Å². The highest BCUT2D eigenvalue weighted by molar-refractivity contribution is 5.81. The van der Waals surface area contributed by atoms with E-state index in [0.717, 1.165) is 24.0 Å². The second-order valence-corrected chi connectivity index (χ2v) is 6.65. The standard InChI is InChI=1S/C20H24N2O3/c1-25-13-19(24)22-17(11-21)20(18(22)12-23)16-10-6-5-9-15(16)14-7-3-2-4-8-14/h5-7,9-10,17-18,20,23H,2-4,8,12-13H2,1H3/t17-,18+,20-/m0/s1. The summed E-state index contributed by atoms with van der Waals surface area (Å²) < 4.78 is 4.91. The Kier molecular flexibility index (Phi) is 5.52. The number of aliphatic hydroxyl groups excluding tert-OH is 1. The molecule has 25 heavy (non-hydrogen) atoms. The number of hydrogen-bond donors (Lipinski definition) is 1. The predicted octanol–water partition coefficient (Wildman–Crippen LogP) is 2.47. The van der Waals surface area contributed by atoms with Crippen molar-refractivity contribution in [2.45, 2.75) is 43.7 Å². The van der Waals surface area contributed by atoms with Gasteiger partial charge in [0.05, 0.1) is 18.7 Å². The molecule has 5 nitrogen and oxygen atoms in total. The molecule has 0 aromatic heterocycles. The largest absolute Gasteiger partial charge is 0.394 e. The average Bonchev–Trinajstić information content (AvgIpc) is 2.63. The number of carbonyl (C=O) groups is 1. The molecule has 0 radical (unpaired) electrons. The number of benzene rings is 1. The van der Waals surface area contributed by atoms with Gasteiger partial charge >= 0.3 is 0 Å². The lowest BCUT2D eigenvalue weighted by Crippen LogP contribution is -2.66. The van der Waals surface area contributed by atoms with E-state index in [1.165, 1.54) is 30.4 Å². The van der Waals surface area contributed by atoms with Crippen molar-refractivity contribution in [1.29, 1.82) is 5.26 Å². The number of carbonyl (C=O) groups excluding carboxylic acids is 1. The van der Waals surface area contributed by atoms with Gasteiger partial charge in [0.1, 0.15) is 12.6 Å². The first kappa shape index (κ1) is 17.7. The van der Waals surface area contributed by atoms with E-state index < -0.39 is 6.04 Å². The molecule has 1 aliphatic heterocycles. The lowest BCUT2D eigenvalue weighted by molar-refractivity contribution is -0.150. The Hall–Kier alpha value is -2.16. The topological polar surface area (TPSA) is 73.6 Å². The van der Waals surface area contributed by atoms with Crippen LogP contribution in [0.4, 0.5) is 0 Å². The maximum Gasteiger partial charge on any atom is 0.249 e. The number of nitrogens with zero attached hydrogens (tertiary/aromatic N) is 2. The van der Waals surface area contributed by atoms with E-state index in [0.29, 0.717) is 0 Å². The van der Waals surface area contributed by atoms with Gasteiger partial charge in [-0.3, -0.25) is 4.79 Å². The number of rotatable bonds is 5. The van der Waals surface area contributed by atoms with Crippen LogP contribution in [0.2, 0.25) is 0 Å². The Labute approximate surface area is 148 Å². The Morgan fingerprint density at radius 1 is 1.40 bits per heavy atom. The van der Waals surface area contributed by atoms with Crippen molar-refractivity contribution >= 4 is 11.5 Å². The molecular weight excluding hydrogens is 316 g/mol. The molecule has 0 saturated carbocycles. The zero-order valence-corrected chi connectivity index (χ0v) is 14.5. The lowest BCUT2D eigenvalue weighted by Gasteiger charge is -2.52. The Morgan fingerprint density at radius 2 is 2.20 bits per heavy atom. The zero-order valence-electron chi connectivity index (χ0n) is 14.5. The van der Waals surface area contributed by atoms with E-state index in [1.807, 2.05) is 18.2 Å². The molecule has 5 heteroatoms. The molecule has 1 aliphatic carbocycles. The molecule has 0 bridgehead atoms. The van der Waals surface area contributed by atoms with E-state index in [2.05, 4.69) is 18.2 Å². The molecule has 1 aromatic rings. The van der Waals surface area contributed by atoms with Crippen molar-refractivity contribution in [3.05, 3.63) is 41.5 Å². The third kappa shape index (κ3) is 3.20. The Balaban J connectivity index is 1.95. The molecule has 3 atom stereocenters. The molecule has 1 aromatic carbocycles. The number of allylic oxidation sites excluding steroid dienone is 2. The third-order valence-electron chi connectivity index (χ3n) is 5.24. The Bertz CT molecular complexity index is 707. The lowest BCUT2D eigenvalue weighted by atomic mass is 9.72. The number of nitriles is 1. The van der Waals surface area contributed by atoms with Gasteiger partial charge in [-0.25, -0.2) is 0 Å². The summed E-state index contributed by atoms with van der Waals surface area (Å²) in [5, 5.41) is 19.5. The predicted molar refractivity (Wildman–Crippen MR) is 94.6 cm³/mol. The van der Waals surface area contributed by atoms with E-state index in [4.69, 9.17) is 4.74 Å². The van der Waals surface area contributed by atoms with Crippen molar-refractivity contribution in [3.63, 3.8) is 0 Å². The molecule has 1 heterocycles. The van der Waals surface area contributed by atoms with Crippen LogP contribution in [0.25, 0.3) is 5.57 Å².